The predicted molar refractivity (Wildman–Crippen MR) is 88.6 cm³/mol. The molecule has 2 N–H and O–H groups in total. The topological polar surface area (TPSA) is 95.9 Å². The van der Waals surface area contributed by atoms with Crippen LogP contribution in [0.3, 0.4) is 0 Å². The highest BCUT2D eigenvalue weighted by Crippen LogP contribution is 2.13. The van der Waals surface area contributed by atoms with Gasteiger partial charge in [0, 0.05) is 33.0 Å². The summed E-state index contributed by atoms with van der Waals surface area (Å²) in [5.74, 6) is -0.790. The van der Waals surface area contributed by atoms with Crippen LogP contribution in [0.4, 0.5) is 0 Å². The van der Waals surface area contributed by atoms with Gasteiger partial charge in [0.15, 0.2) is 6.61 Å². The zero-order chi connectivity index (χ0) is 17.9. The Labute approximate surface area is 141 Å². The van der Waals surface area contributed by atoms with Crippen molar-refractivity contribution in [3.8, 4) is 5.75 Å². The highest BCUT2D eigenvalue weighted by molar-refractivity contribution is 5.83. The molecule has 0 fully saturated rings. The monoisotopic (exact) mass is 336 g/mol. The van der Waals surface area contributed by atoms with Gasteiger partial charge in [0.05, 0.1) is 0 Å². The minimum Gasteiger partial charge on any atom is -0.482 e. The molecular formula is C17H24N2O5. The molecule has 1 rings (SSSR count). The molecule has 0 aromatic heterocycles. The maximum absolute atomic E-state index is 12.0. The van der Waals surface area contributed by atoms with Crippen molar-refractivity contribution < 1.29 is 24.2 Å². The molecule has 0 heterocycles. The molecule has 1 aromatic rings. The Morgan fingerprint density at radius 3 is 2.42 bits per heavy atom. The lowest BCUT2D eigenvalue weighted by atomic mass is 10.2. The lowest BCUT2D eigenvalue weighted by Gasteiger charge is -2.17. The van der Waals surface area contributed by atoms with Gasteiger partial charge in [0.2, 0.25) is 11.8 Å². The Kier molecular flexibility index (Phi) is 8.32. The van der Waals surface area contributed by atoms with Gasteiger partial charge in [-0.1, -0.05) is 19.1 Å². The van der Waals surface area contributed by atoms with Gasteiger partial charge in [0.1, 0.15) is 5.75 Å². The van der Waals surface area contributed by atoms with Crippen molar-refractivity contribution in [3.05, 3.63) is 29.8 Å². The van der Waals surface area contributed by atoms with Crippen LogP contribution in [0.5, 0.6) is 5.75 Å². The molecule has 0 bridgehead atoms. The molecule has 2 amide bonds. The van der Waals surface area contributed by atoms with Gasteiger partial charge in [-0.15, -0.1) is 0 Å². The Morgan fingerprint density at radius 2 is 1.83 bits per heavy atom. The quantitative estimate of drug-likeness (QED) is 0.673. The van der Waals surface area contributed by atoms with Crippen LogP contribution in [0.15, 0.2) is 24.3 Å². The second-order valence-corrected chi connectivity index (χ2v) is 5.43. The number of carbonyl (C=O) groups is 3. The summed E-state index contributed by atoms with van der Waals surface area (Å²) in [4.78, 5) is 35.5. The third kappa shape index (κ3) is 7.62. The van der Waals surface area contributed by atoms with E-state index in [0.29, 0.717) is 18.8 Å². The number of hydrogen-bond acceptors (Lipinski definition) is 4. The molecule has 0 aliphatic carbocycles. The number of rotatable bonds is 10. The van der Waals surface area contributed by atoms with E-state index in [1.54, 1.807) is 36.2 Å². The van der Waals surface area contributed by atoms with Crippen molar-refractivity contribution >= 4 is 17.8 Å². The number of nitrogens with one attached hydrogen (secondary N) is 1. The third-order valence-corrected chi connectivity index (χ3v) is 3.27. The average Bonchev–Trinajstić information content (AvgIpc) is 2.56. The number of aliphatic carboxylic acids is 1. The zero-order valence-corrected chi connectivity index (χ0v) is 14.1. The first-order valence-corrected chi connectivity index (χ1v) is 7.86. The number of nitrogens with zero attached hydrogens (tertiary/aromatic N) is 1. The highest BCUT2D eigenvalue weighted by Gasteiger charge is 2.11. The lowest BCUT2D eigenvalue weighted by molar-refractivity contribution is -0.139. The largest absolute Gasteiger partial charge is 0.482 e. The van der Waals surface area contributed by atoms with Crippen molar-refractivity contribution in [2.75, 3.05) is 20.2 Å². The van der Waals surface area contributed by atoms with Gasteiger partial charge in [-0.2, -0.15) is 0 Å². The van der Waals surface area contributed by atoms with E-state index < -0.39 is 12.6 Å². The maximum Gasteiger partial charge on any atom is 0.341 e. The molecule has 0 saturated heterocycles. The van der Waals surface area contributed by atoms with E-state index in [2.05, 4.69) is 5.32 Å². The SMILES string of the molecule is CCCNC(=O)CCC(=O)N(C)Cc1ccc(OCC(=O)O)cc1. The summed E-state index contributed by atoms with van der Waals surface area (Å²) in [6, 6.07) is 6.87. The van der Waals surface area contributed by atoms with Crippen LogP contribution in [-0.2, 0) is 20.9 Å². The van der Waals surface area contributed by atoms with Crippen molar-refractivity contribution in [1.82, 2.24) is 10.2 Å². The van der Waals surface area contributed by atoms with Gasteiger partial charge in [-0.3, -0.25) is 9.59 Å². The van der Waals surface area contributed by atoms with Gasteiger partial charge < -0.3 is 20.1 Å². The molecule has 0 atom stereocenters. The van der Waals surface area contributed by atoms with Crippen LogP contribution >= 0.6 is 0 Å². The second-order valence-electron chi connectivity index (χ2n) is 5.43. The highest BCUT2D eigenvalue weighted by atomic mass is 16.5. The summed E-state index contributed by atoms with van der Waals surface area (Å²) in [6.07, 6.45) is 1.22. The Bertz CT molecular complexity index is 557. The minimum atomic E-state index is -1.03. The number of hydrogen-bond donors (Lipinski definition) is 2. The lowest BCUT2D eigenvalue weighted by Crippen LogP contribution is -2.29. The fraction of sp³-hybridized carbons (Fsp3) is 0.471. The molecule has 0 saturated carbocycles. The normalized spacial score (nSPS) is 10.1. The van der Waals surface area contributed by atoms with E-state index in [1.165, 1.54) is 0 Å². The summed E-state index contributed by atoms with van der Waals surface area (Å²) < 4.78 is 5.05. The molecule has 0 spiro atoms. The van der Waals surface area contributed by atoms with Gasteiger partial charge in [-0.05, 0) is 24.1 Å². The van der Waals surface area contributed by atoms with Crippen molar-refractivity contribution in [1.29, 1.82) is 0 Å². The summed E-state index contributed by atoms with van der Waals surface area (Å²) in [6.45, 7) is 2.61. The summed E-state index contributed by atoms with van der Waals surface area (Å²) in [7, 11) is 1.68. The molecule has 7 heteroatoms. The van der Waals surface area contributed by atoms with Crippen LogP contribution in [0, 0.1) is 0 Å². The Morgan fingerprint density at radius 1 is 1.17 bits per heavy atom. The van der Waals surface area contributed by atoms with Crippen LogP contribution in [0.25, 0.3) is 0 Å². The first-order valence-electron chi connectivity index (χ1n) is 7.86. The molecule has 0 aliphatic rings. The van der Waals surface area contributed by atoms with Crippen LogP contribution in [0.2, 0.25) is 0 Å². The van der Waals surface area contributed by atoms with Crippen molar-refractivity contribution in [2.45, 2.75) is 32.7 Å². The summed E-state index contributed by atoms with van der Waals surface area (Å²) in [5, 5.41) is 11.3. The third-order valence-electron chi connectivity index (χ3n) is 3.27. The van der Waals surface area contributed by atoms with Crippen LogP contribution < -0.4 is 10.1 Å². The fourth-order valence-electron chi connectivity index (χ4n) is 1.96. The van der Waals surface area contributed by atoms with E-state index in [4.69, 9.17) is 9.84 Å². The summed E-state index contributed by atoms with van der Waals surface area (Å²) in [5.41, 5.74) is 0.893. The van der Waals surface area contributed by atoms with Crippen LogP contribution in [0.1, 0.15) is 31.7 Å². The Balaban J connectivity index is 2.40. The predicted octanol–water partition coefficient (Wildman–Crippen LogP) is 1.41. The number of carboxylic acid groups (broad SMARTS) is 1. The maximum atomic E-state index is 12.0. The van der Waals surface area contributed by atoms with Gasteiger partial charge >= 0.3 is 5.97 Å². The molecule has 7 nitrogen and oxygen atoms in total. The van der Waals surface area contributed by atoms with E-state index in [-0.39, 0.29) is 24.7 Å². The van der Waals surface area contributed by atoms with Gasteiger partial charge in [-0.25, -0.2) is 4.79 Å². The first-order chi connectivity index (χ1) is 11.4. The van der Waals surface area contributed by atoms with E-state index in [9.17, 15) is 14.4 Å². The summed E-state index contributed by atoms with van der Waals surface area (Å²) >= 11 is 0. The second kappa shape index (κ2) is 10.3. The molecule has 0 radical (unpaired) electrons. The molecular weight excluding hydrogens is 312 g/mol. The Hall–Kier alpha value is -2.57. The average molecular weight is 336 g/mol. The van der Waals surface area contributed by atoms with Crippen molar-refractivity contribution in [2.24, 2.45) is 0 Å². The van der Waals surface area contributed by atoms with E-state index in [0.717, 1.165) is 12.0 Å². The number of carboxylic acids is 1. The van der Waals surface area contributed by atoms with E-state index >= 15 is 0 Å². The smallest absolute Gasteiger partial charge is 0.341 e. The van der Waals surface area contributed by atoms with Crippen molar-refractivity contribution in [3.63, 3.8) is 0 Å². The molecule has 0 aliphatic heterocycles. The first kappa shape index (κ1) is 19.5. The molecule has 132 valence electrons. The number of ether oxygens (including phenoxy) is 1. The number of carbonyl (C=O) groups excluding carboxylic acids is 2. The van der Waals surface area contributed by atoms with Crippen LogP contribution in [-0.4, -0.2) is 48.0 Å². The number of benzene rings is 1. The molecule has 1 aromatic carbocycles. The van der Waals surface area contributed by atoms with Gasteiger partial charge in [0.25, 0.3) is 0 Å². The molecule has 0 unspecified atom stereocenters. The standard InChI is InChI=1S/C17H24N2O5/c1-3-10-18-15(20)8-9-16(21)19(2)11-13-4-6-14(7-5-13)24-12-17(22)23/h4-7H,3,8-12H2,1-2H3,(H,18,20)(H,22,23). The molecule has 24 heavy (non-hydrogen) atoms. The fourth-order valence-corrected chi connectivity index (χ4v) is 1.96. The zero-order valence-electron chi connectivity index (χ0n) is 14.1. The minimum absolute atomic E-state index is 0.104. The van der Waals surface area contributed by atoms with E-state index in [1.807, 2.05) is 6.92 Å². The number of amides is 2.